The molecule has 438 valence electrons. The molecule has 0 aliphatic carbocycles. The maximum atomic E-state index is 13.1. The fraction of sp³-hybridized carbons (Fsp3) is 0.692. The van der Waals surface area contributed by atoms with E-state index in [1.807, 2.05) is 12.2 Å². The van der Waals surface area contributed by atoms with Crippen LogP contribution in [0.4, 0.5) is 0 Å². The number of aliphatic hydroxyl groups is 2. The summed E-state index contributed by atoms with van der Waals surface area (Å²) in [4.78, 5) is 51.1. The van der Waals surface area contributed by atoms with Gasteiger partial charge in [-0.15, -0.1) is 0 Å². The lowest BCUT2D eigenvalue weighted by molar-refractivity contribution is -0.301. The minimum atomic E-state index is -1.92. The normalized spacial score (nSPS) is 18.7. The summed E-state index contributed by atoms with van der Waals surface area (Å²) in [5.74, 6) is -3.30. The molecule has 0 aromatic heterocycles. The number of aliphatic hydroxyl groups excluding tert-OH is 2. The topological polar surface area (TPSA) is 175 Å². The summed E-state index contributed by atoms with van der Waals surface area (Å²) in [6.45, 7) is 5.74. The summed E-state index contributed by atoms with van der Waals surface area (Å²) in [6.07, 6.45) is 56.8. The second-order valence-electron chi connectivity index (χ2n) is 20.3. The summed E-state index contributed by atoms with van der Waals surface area (Å²) in [6, 6.07) is 0. The molecular weight excluding hydrogens is 973 g/mol. The molecule has 0 radical (unpaired) electrons. The average molecular weight is 1080 g/mol. The van der Waals surface area contributed by atoms with Crippen molar-refractivity contribution in [2.75, 3.05) is 13.2 Å². The van der Waals surface area contributed by atoms with Crippen molar-refractivity contribution in [2.45, 2.75) is 276 Å². The second kappa shape index (κ2) is 52.3. The van der Waals surface area contributed by atoms with Gasteiger partial charge < -0.3 is 39.0 Å². The first-order valence-electron chi connectivity index (χ1n) is 30.2. The molecule has 1 rings (SSSR count). The number of carboxylic acids is 1. The highest BCUT2D eigenvalue weighted by Gasteiger charge is 2.50. The first-order valence-corrected chi connectivity index (χ1v) is 30.2. The molecule has 1 fully saturated rings. The van der Waals surface area contributed by atoms with Gasteiger partial charge in [0.05, 0.1) is 13.0 Å². The van der Waals surface area contributed by atoms with Gasteiger partial charge in [0.2, 0.25) is 0 Å². The minimum absolute atomic E-state index is 0.0197. The molecule has 0 amide bonds. The monoisotopic (exact) mass is 1080 g/mol. The van der Waals surface area contributed by atoms with E-state index in [2.05, 4.69) is 99.8 Å². The van der Waals surface area contributed by atoms with E-state index < -0.39 is 67.3 Å². The highest BCUT2D eigenvalue weighted by atomic mass is 16.7. The van der Waals surface area contributed by atoms with Gasteiger partial charge >= 0.3 is 23.9 Å². The van der Waals surface area contributed by atoms with Gasteiger partial charge in [-0.05, 0) is 103 Å². The molecule has 12 heteroatoms. The van der Waals surface area contributed by atoms with Gasteiger partial charge in [-0.25, -0.2) is 4.79 Å². The Labute approximate surface area is 466 Å². The summed E-state index contributed by atoms with van der Waals surface area (Å²) in [5.41, 5.74) is 0. The van der Waals surface area contributed by atoms with Crippen LogP contribution in [0, 0.1) is 0 Å². The summed E-state index contributed by atoms with van der Waals surface area (Å²) in [5, 5.41) is 31.5. The lowest BCUT2D eigenvalue weighted by Crippen LogP contribution is -2.61. The maximum absolute atomic E-state index is 13.1. The third kappa shape index (κ3) is 42.3. The van der Waals surface area contributed by atoms with Crippen molar-refractivity contribution in [3.63, 3.8) is 0 Å². The van der Waals surface area contributed by atoms with Crippen molar-refractivity contribution in [1.82, 2.24) is 0 Å². The van der Waals surface area contributed by atoms with Crippen molar-refractivity contribution in [2.24, 2.45) is 0 Å². The number of ether oxygens (including phenoxy) is 5. The Morgan fingerprint density at radius 3 is 1.35 bits per heavy atom. The first kappa shape index (κ1) is 70.7. The Hall–Kier alpha value is -4.36. The van der Waals surface area contributed by atoms with Crippen LogP contribution in [0.25, 0.3) is 0 Å². The van der Waals surface area contributed by atoms with Gasteiger partial charge in [-0.2, -0.15) is 0 Å². The van der Waals surface area contributed by atoms with E-state index in [1.165, 1.54) is 77.0 Å². The molecule has 1 aliphatic rings. The largest absolute Gasteiger partial charge is 0.479 e. The molecule has 12 nitrogen and oxygen atoms in total. The van der Waals surface area contributed by atoms with E-state index in [1.54, 1.807) is 6.08 Å². The minimum Gasteiger partial charge on any atom is -0.479 e. The molecule has 1 saturated heterocycles. The lowest BCUT2D eigenvalue weighted by Gasteiger charge is -2.40. The van der Waals surface area contributed by atoms with Crippen LogP contribution >= 0.6 is 0 Å². The van der Waals surface area contributed by atoms with Crippen LogP contribution in [0.5, 0.6) is 0 Å². The number of hydrogen-bond donors (Lipinski definition) is 3. The van der Waals surface area contributed by atoms with E-state index >= 15 is 0 Å². The Bertz CT molecular complexity index is 1710. The Kier molecular flexibility index (Phi) is 48.0. The van der Waals surface area contributed by atoms with Crippen LogP contribution in [-0.2, 0) is 42.9 Å². The molecule has 77 heavy (non-hydrogen) atoms. The Morgan fingerprint density at radius 1 is 0.455 bits per heavy atom. The van der Waals surface area contributed by atoms with Crippen LogP contribution in [0.3, 0.4) is 0 Å². The van der Waals surface area contributed by atoms with Gasteiger partial charge in [-0.1, -0.05) is 214 Å². The van der Waals surface area contributed by atoms with Gasteiger partial charge in [0.25, 0.3) is 0 Å². The van der Waals surface area contributed by atoms with Crippen LogP contribution in [0.2, 0.25) is 0 Å². The smallest absolute Gasteiger partial charge is 0.335 e. The van der Waals surface area contributed by atoms with E-state index in [0.717, 1.165) is 103 Å². The molecule has 6 unspecified atom stereocenters. The molecular formula is C65H106O12. The standard InChI is InChI=1S/C65H106O12/c1-4-7-10-13-16-19-22-25-27-28-29-30-32-35-38-41-44-47-50-53-59(68)76-63-61(70)60(69)62(64(71)72)77-65(63)74-55-56(75-58(67)52-49-46-43-40-37-33-24-21-18-15-12-9-6-3)54-73-57(66)51-48-45-42-39-36-34-31-26-23-20-17-14-11-8-5-2/h8,11,16-17,19-21,24-27,31,36,39,45,48,56,60-63,65,69-70H,4-7,9-10,12-15,18,22-23,28-30,32-35,37-38,40-44,46-47,49-55H2,1-3H3,(H,71,72)/b11-8-,19-16-,20-17-,24-21-,27-25-,31-26-,39-36-,48-45-. The molecule has 0 bridgehead atoms. The van der Waals surface area contributed by atoms with Crippen LogP contribution in [0.1, 0.15) is 239 Å². The van der Waals surface area contributed by atoms with Gasteiger partial charge in [0.1, 0.15) is 18.8 Å². The van der Waals surface area contributed by atoms with Crippen molar-refractivity contribution < 1.29 is 58.2 Å². The van der Waals surface area contributed by atoms with Crippen molar-refractivity contribution in [1.29, 1.82) is 0 Å². The molecule has 0 spiro atoms. The van der Waals surface area contributed by atoms with E-state index in [0.29, 0.717) is 19.3 Å². The SMILES string of the molecule is CC/C=C\C/C=C\C/C=C\C/C=C\C/C=C\CC(=O)OCC(COC1OC(C(=O)O)C(O)C(O)C1OC(=O)CCCCCCCCCCC/C=C\C/C=C\CCCCC)OC(=O)CCCCCCC/C=C\CCCCCC. The second-order valence-corrected chi connectivity index (χ2v) is 20.3. The average Bonchev–Trinajstić information content (AvgIpc) is 3.42. The van der Waals surface area contributed by atoms with Crippen LogP contribution in [0.15, 0.2) is 97.2 Å². The number of carboxylic acid groups (broad SMARTS) is 1. The zero-order valence-electron chi connectivity index (χ0n) is 48.2. The quantitative estimate of drug-likeness (QED) is 0.0228. The molecule has 0 aromatic carbocycles. The molecule has 1 heterocycles. The molecule has 6 atom stereocenters. The number of carbonyl (C=O) groups excluding carboxylic acids is 3. The fourth-order valence-electron chi connectivity index (χ4n) is 8.52. The summed E-state index contributed by atoms with van der Waals surface area (Å²) >= 11 is 0. The molecule has 3 N–H and O–H groups in total. The molecule has 0 saturated carbocycles. The number of aliphatic carboxylic acids is 1. The highest BCUT2D eigenvalue weighted by molar-refractivity contribution is 5.74. The lowest BCUT2D eigenvalue weighted by atomic mass is 9.98. The van der Waals surface area contributed by atoms with E-state index in [4.69, 9.17) is 23.7 Å². The van der Waals surface area contributed by atoms with E-state index in [-0.39, 0.29) is 25.9 Å². The number of esters is 3. The predicted octanol–water partition coefficient (Wildman–Crippen LogP) is 15.7. The van der Waals surface area contributed by atoms with Crippen molar-refractivity contribution in [3.05, 3.63) is 97.2 Å². The zero-order chi connectivity index (χ0) is 56.1. The first-order chi connectivity index (χ1) is 37.6. The number of allylic oxidation sites excluding steroid dienone is 15. The van der Waals surface area contributed by atoms with Crippen LogP contribution < -0.4 is 0 Å². The number of unbranched alkanes of at least 4 members (excludes halogenated alkanes) is 21. The van der Waals surface area contributed by atoms with Gasteiger partial charge in [-0.3, -0.25) is 14.4 Å². The van der Waals surface area contributed by atoms with E-state index in [9.17, 15) is 34.5 Å². The number of carbonyl (C=O) groups is 4. The molecule has 1 aliphatic heterocycles. The Morgan fingerprint density at radius 2 is 0.857 bits per heavy atom. The number of hydrogen-bond acceptors (Lipinski definition) is 11. The summed E-state index contributed by atoms with van der Waals surface area (Å²) < 4.78 is 28.3. The van der Waals surface area contributed by atoms with Crippen molar-refractivity contribution >= 4 is 23.9 Å². The highest BCUT2D eigenvalue weighted by Crippen LogP contribution is 2.26. The third-order valence-corrected chi connectivity index (χ3v) is 13.1. The third-order valence-electron chi connectivity index (χ3n) is 13.1. The maximum Gasteiger partial charge on any atom is 0.335 e. The van der Waals surface area contributed by atoms with Crippen molar-refractivity contribution in [3.8, 4) is 0 Å². The summed E-state index contributed by atoms with van der Waals surface area (Å²) in [7, 11) is 0. The van der Waals surface area contributed by atoms with Crippen LogP contribution in [-0.4, -0.2) is 89.2 Å². The zero-order valence-corrected chi connectivity index (χ0v) is 48.2. The fourth-order valence-corrected chi connectivity index (χ4v) is 8.52. The molecule has 0 aromatic rings. The Balaban J connectivity index is 2.72. The van der Waals surface area contributed by atoms with Gasteiger partial charge in [0, 0.05) is 12.8 Å². The predicted molar refractivity (Wildman–Crippen MR) is 312 cm³/mol. The van der Waals surface area contributed by atoms with Gasteiger partial charge in [0.15, 0.2) is 24.6 Å². The number of rotatable bonds is 50.